The first kappa shape index (κ1) is 13.3. The van der Waals surface area contributed by atoms with Gasteiger partial charge in [0.15, 0.2) is 3.95 Å². The molecule has 0 aliphatic carbocycles. The standard InChI is InChI=1S/C9H5ClF3N3S2/c10-5-1-4(9(11,12)13)2-6(3-5)14-7-15-16-8(17)18-7/h1-3H,(H,14,15)(H,16,17). The summed E-state index contributed by atoms with van der Waals surface area (Å²) in [6.45, 7) is 0. The number of hydrogen-bond donors (Lipinski definition) is 2. The van der Waals surface area contributed by atoms with Crippen LogP contribution in [0.4, 0.5) is 24.0 Å². The summed E-state index contributed by atoms with van der Waals surface area (Å²) >= 11 is 11.6. The Bertz CT molecular complexity index is 620. The maximum Gasteiger partial charge on any atom is 0.416 e. The van der Waals surface area contributed by atoms with Crippen LogP contribution in [0.3, 0.4) is 0 Å². The van der Waals surface area contributed by atoms with E-state index in [2.05, 4.69) is 15.5 Å². The summed E-state index contributed by atoms with van der Waals surface area (Å²) in [7, 11) is 0. The number of H-pyrrole nitrogens is 1. The molecule has 18 heavy (non-hydrogen) atoms. The van der Waals surface area contributed by atoms with E-state index in [0.717, 1.165) is 23.5 Å². The average molecular weight is 312 g/mol. The number of hydrogen-bond acceptors (Lipinski definition) is 4. The van der Waals surface area contributed by atoms with Gasteiger partial charge in [0.05, 0.1) is 5.56 Å². The van der Waals surface area contributed by atoms with Gasteiger partial charge in [-0.05, 0) is 30.4 Å². The van der Waals surface area contributed by atoms with E-state index in [1.165, 1.54) is 6.07 Å². The van der Waals surface area contributed by atoms with Gasteiger partial charge in [-0.2, -0.15) is 13.2 Å². The van der Waals surface area contributed by atoms with Crippen molar-refractivity contribution in [2.24, 2.45) is 0 Å². The van der Waals surface area contributed by atoms with Crippen molar-refractivity contribution < 1.29 is 13.2 Å². The summed E-state index contributed by atoms with van der Waals surface area (Å²) in [5.41, 5.74) is -0.621. The van der Waals surface area contributed by atoms with Crippen molar-refractivity contribution in [2.45, 2.75) is 6.18 Å². The average Bonchev–Trinajstić information content (AvgIpc) is 2.61. The summed E-state index contributed by atoms with van der Waals surface area (Å²) in [5, 5.41) is 9.37. The lowest BCUT2D eigenvalue weighted by Gasteiger charge is -2.10. The highest BCUT2D eigenvalue weighted by molar-refractivity contribution is 7.73. The molecule has 1 aromatic heterocycles. The van der Waals surface area contributed by atoms with Crippen LogP contribution in [0, 0.1) is 3.95 Å². The number of halogens is 4. The molecule has 0 aliphatic rings. The van der Waals surface area contributed by atoms with Crippen LogP contribution < -0.4 is 5.32 Å². The molecule has 0 spiro atoms. The number of benzene rings is 1. The minimum Gasteiger partial charge on any atom is -0.330 e. The van der Waals surface area contributed by atoms with Gasteiger partial charge in [-0.3, -0.25) is 5.10 Å². The summed E-state index contributed by atoms with van der Waals surface area (Å²) in [5.74, 6) is 0. The summed E-state index contributed by atoms with van der Waals surface area (Å²) in [6.07, 6.45) is -4.44. The summed E-state index contributed by atoms with van der Waals surface area (Å²) in [4.78, 5) is 0. The predicted molar refractivity (Wildman–Crippen MR) is 67.0 cm³/mol. The molecule has 2 N–H and O–H groups in total. The lowest BCUT2D eigenvalue weighted by molar-refractivity contribution is -0.137. The van der Waals surface area contributed by atoms with Crippen LogP contribution >= 0.6 is 35.2 Å². The highest BCUT2D eigenvalue weighted by Crippen LogP contribution is 2.34. The van der Waals surface area contributed by atoms with Gasteiger partial charge in [-0.1, -0.05) is 22.9 Å². The predicted octanol–water partition coefficient (Wildman–Crippen LogP) is 4.62. The van der Waals surface area contributed by atoms with Crippen LogP contribution in [0.15, 0.2) is 18.2 Å². The number of rotatable bonds is 2. The second-order valence-electron chi connectivity index (χ2n) is 3.27. The molecule has 1 heterocycles. The van der Waals surface area contributed by atoms with E-state index in [9.17, 15) is 13.2 Å². The second kappa shape index (κ2) is 4.87. The molecule has 3 nitrogen and oxygen atoms in total. The minimum atomic E-state index is -4.44. The van der Waals surface area contributed by atoms with Gasteiger partial charge in [0.2, 0.25) is 5.13 Å². The van der Waals surface area contributed by atoms with Gasteiger partial charge in [0.25, 0.3) is 0 Å². The summed E-state index contributed by atoms with van der Waals surface area (Å²) < 4.78 is 38.1. The molecule has 0 saturated heterocycles. The van der Waals surface area contributed by atoms with Gasteiger partial charge in [-0.25, -0.2) is 0 Å². The SMILES string of the molecule is FC(F)(F)c1cc(Cl)cc(Nc2n[nH]c(=S)s2)c1. The normalized spacial score (nSPS) is 11.6. The topological polar surface area (TPSA) is 40.7 Å². The van der Waals surface area contributed by atoms with Gasteiger partial charge < -0.3 is 5.32 Å². The molecule has 0 saturated carbocycles. The number of aromatic nitrogens is 2. The van der Waals surface area contributed by atoms with E-state index < -0.39 is 11.7 Å². The van der Waals surface area contributed by atoms with Crippen LogP contribution in [-0.2, 0) is 6.18 Å². The number of nitrogens with zero attached hydrogens (tertiary/aromatic N) is 1. The minimum absolute atomic E-state index is 0.00791. The van der Waals surface area contributed by atoms with E-state index in [-0.39, 0.29) is 10.7 Å². The Morgan fingerprint density at radius 3 is 2.61 bits per heavy atom. The Morgan fingerprint density at radius 2 is 2.06 bits per heavy atom. The van der Waals surface area contributed by atoms with E-state index in [1.807, 2.05) is 0 Å². The lowest BCUT2D eigenvalue weighted by Crippen LogP contribution is -2.05. The molecular weight excluding hydrogens is 307 g/mol. The quantitative estimate of drug-likeness (QED) is 0.795. The van der Waals surface area contributed by atoms with Crippen molar-refractivity contribution in [1.29, 1.82) is 0 Å². The maximum atomic E-state index is 12.6. The first-order valence-corrected chi connectivity index (χ1v) is 6.15. The Hall–Kier alpha value is -1.12. The van der Waals surface area contributed by atoms with Gasteiger partial charge in [-0.15, -0.1) is 5.10 Å². The molecule has 96 valence electrons. The molecule has 0 fully saturated rings. The molecule has 1 aromatic carbocycles. The van der Waals surface area contributed by atoms with E-state index in [0.29, 0.717) is 9.09 Å². The lowest BCUT2D eigenvalue weighted by atomic mass is 10.2. The van der Waals surface area contributed by atoms with Crippen molar-refractivity contribution in [3.05, 3.63) is 32.7 Å². The van der Waals surface area contributed by atoms with Crippen LogP contribution in [-0.4, -0.2) is 10.2 Å². The van der Waals surface area contributed by atoms with E-state index in [4.69, 9.17) is 23.8 Å². The van der Waals surface area contributed by atoms with E-state index in [1.54, 1.807) is 0 Å². The fraction of sp³-hybridized carbons (Fsp3) is 0.111. The molecule has 0 aliphatic heterocycles. The first-order valence-electron chi connectivity index (χ1n) is 4.55. The molecule has 0 atom stereocenters. The van der Waals surface area contributed by atoms with Crippen molar-refractivity contribution in [3.8, 4) is 0 Å². The number of aromatic amines is 1. The van der Waals surface area contributed by atoms with Gasteiger partial charge in [0.1, 0.15) is 0 Å². The molecule has 0 bridgehead atoms. The summed E-state index contributed by atoms with van der Waals surface area (Å²) in [6, 6.07) is 3.19. The van der Waals surface area contributed by atoms with Crippen LogP contribution in [0.1, 0.15) is 5.56 Å². The number of nitrogens with one attached hydrogen (secondary N) is 2. The van der Waals surface area contributed by atoms with Gasteiger partial charge in [0, 0.05) is 10.7 Å². The largest absolute Gasteiger partial charge is 0.416 e. The highest BCUT2D eigenvalue weighted by Gasteiger charge is 2.31. The zero-order valence-corrected chi connectivity index (χ0v) is 10.9. The fourth-order valence-corrected chi connectivity index (χ4v) is 2.28. The zero-order valence-electron chi connectivity index (χ0n) is 8.51. The smallest absolute Gasteiger partial charge is 0.330 e. The first-order chi connectivity index (χ1) is 8.34. The third kappa shape index (κ3) is 3.21. The highest BCUT2D eigenvalue weighted by atomic mass is 35.5. The fourth-order valence-electron chi connectivity index (χ4n) is 1.23. The Kier molecular flexibility index (Phi) is 3.60. The molecular formula is C9H5ClF3N3S2. The Morgan fingerprint density at radius 1 is 1.33 bits per heavy atom. The van der Waals surface area contributed by atoms with Crippen molar-refractivity contribution in [1.82, 2.24) is 10.2 Å². The van der Waals surface area contributed by atoms with Gasteiger partial charge >= 0.3 is 6.18 Å². The van der Waals surface area contributed by atoms with E-state index >= 15 is 0 Å². The molecule has 0 amide bonds. The Balaban J connectivity index is 2.34. The van der Waals surface area contributed by atoms with Crippen LogP contribution in [0.2, 0.25) is 5.02 Å². The van der Waals surface area contributed by atoms with Crippen molar-refractivity contribution >= 4 is 46.0 Å². The molecule has 2 rings (SSSR count). The van der Waals surface area contributed by atoms with Crippen LogP contribution in [0.25, 0.3) is 0 Å². The molecule has 2 aromatic rings. The molecule has 0 unspecified atom stereocenters. The van der Waals surface area contributed by atoms with Crippen molar-refractivity contribution in [3.63, 3.8) is 0 Å². The van der Waals surface area contributed by atoms with Crippen LogP contribution in [0.5, 0.6) is 0 Å². The second-order valence-corrected chi connectivity index (χ2v) is 5.37. The zero-order chi connectivity index (χ0) is 13.3. The molecule has 0 radical (unpaired) electrons. The third-order valence-corrected chi connectivity index (χ3v) is 3.14. The van der Waals surface area contributed by atoms with Crippen molar-refractivity contribution in [2.75, 3.05) is 5.32 Å². The number of anilines is 2. The molecule has 9 heteroatoms. The number of alkyl halides is 3. The third-order valence-electron chi connectivity index (χ3n) is 1.91. The maximum absolute atomic E-state index is 12.6. The Labute approximate surface area is 114 Å². The monoisotopic (exact) mass is 311 g/mol.